The predicted octanol–water partition coefficient (Wildman–Crippen LogP) is 2.23. The second kappa shape index (κ2) is 7.90. The SMILES string of the molecule is CC(C)C(=O)Nc1ccc(S(=O)(=O)NCC2(O)CCOc3ccccc32)cc1. The maximum absolute atomic E-state index is 12.6. The fourth-order valence-corrected chi connectivity index (χ4v) is 4.02. The number of carbonyl (C=O) groups is 1. The minimum Gasteiger partial charge on any atom is -0.493 e. The first kappa shape index (κ1) is 20.3. The molecule has 0 spiro atoms. The second-order valence-electron chi connectivity index (χ2n) is 7.12. The largest absolute Gasteiger partial charge is 0.493 e. The van der Waals surface area contributed by atoms with Crippen LogP contribution in [0.2, 0.25) is 0 Å². The molecule has 0 bridgehead atoms. The molecule has 8 heteroatoms. The van der Waals surface area contributed by atoms with E-state index in [1.165, 1.54) is 24.3 Å². The van der Waals surface area contributed by atoms with Gasteiger partial charge in [0.25, 0.3) is 0 Å². The molecule has 150 valence electrons. The number of sulfonamides is 1. The van der Waals surface area contributed by atoms with Gasteiger partial charge in [0.1, 0.15) is 11.4 Å². The summed E-state index contributed by atoms with van der Waals surface area (Å²) < 4.78 is 33.3. The van der Waals surface area contributed by atoms with Gasteiger partial charge in [-0.15, -0.1) is 0 Å². The van der Waals surface area contributed by atoms with Gasteiger partial charge in [0.15, 0.2) is 0 Å². The van der Waals surface area contributed by atoms with Crippen LogP contribution in [0.1, 0.15) is 25.8 Å². The Morgan fingerprint density at radius 2 is 1.86 bits per heavy atom. The molecule has 1 heterocycles. The van der Waals surface area contributed by atoms with E-state index in [2.05, 4.69) is 10.0 Å². The molecule has 1 unspecified atom stereocenters. The van der Waals surface area contributed by atoms with Crippen LogP contribution in [0, 0.1) is 5.92 Å². The van der Waals surface area contributed by atoms with Crippen molar-refractivity contribution in [3.8, 4) is 5.75 Å². The van der Waals surface area contributed by atoms with Gasteiger partial charge < -0.3 is 15.2 Å². The van der Waals surface area contributed by atoms with Crippen molar-refractivity contribution in [3.63, 3.8) is 0 Å². The first-order chi connectivity index (χ1) is 13.2. The summed E-state index contributed by atoms with van der Waals surface area (Å²) >= 11 is 0. The lowest BCUT2D eigenvalue weighted by Gasteiger charge is -2.34. The van der Waals surface area contributed by atoms with Crippen LogP contribution in [0.4, 0.5) is 5.69 Å². The topological polar surface area (TPSA) is 105 Å². The molecule has 0 aromatic heterocycles. The van der Waals surface area contributed by atoms with Gasteiger partial charge in [-0.25, -0.2) is 13.1 Å². The van der Waals surface area contributed by atoms with E-state index >= 15 is 0 Å². The number of nitrogens with one attached hydrogen (secondary N) is 2. The highest BCUT2D eigenvalue weighted by Crippen LogP contribution is 2.36. The molecule has 7 nitrogen and oxygen atoms in total. The van der Waals surface area contributed by atoms with Crippen molar-refractivity contribution in [2.24, 2.45) is 5.92 Å². The van der Waals surface area contributed by atoms with Crippen molar-refractivity contribution in [3.05, 3.63) is 54.1 Å². The van der Waals surface area contributed by atoms with Crippen molar-refractivity contribution in [1.29, 1.82) is 0 Å². The Labute approximate surface area is 164 Å². The van der Waals surface area contributed by atoms with Gasteiger partial charge in [0.2, 0.25) is 15.9 Å². The van der Waals surface area contributed by atoms with Crippen LogP contribution >= 0.6 is 0 Å². The highest BCUT2D eigenvalue weighted by atomic mass is 32.2. The summed E-state index contributed by atoms with van der Waals surface area (Å²) in [5, 5.41) is 13.7. The van der Waals surface area contributed by atoms with Gasteiger partial charge in [-0.05, 0) is 30.3 Å². The van der Waals surface area contributed by atoms with E-state index in [4.69, 9.17) is 4.74 Å². The van der Waals surface area contributed by atoms with Gasteiger partial charge in [-0.2, -0.15) is 0 Å². The zero-order valence-electron chi connectivity index (χ0n) is 15.8. The summed E-state index contributed by atoms with van der Waals surface area (Å²) in [6.45, 7) is 3.69. The molecule has 0 saturated heterocycles. The summed E-state index contributed by atoms with van der Waals surface area (Å²) in [6, 6.07) is 13.0. The van der Waals surface area contributed by atoms with Crippen LogP contribution in [0.5, 0.6) is 5.75 Å². The molecule has 1 aliphatic rings. The van der Waals surface area contributed by atoms with Crippen molar-refractivity contribution in [2.75, 3.05) is 18.5 Å². The highest BCUT2D eigenvalue weighted by Gasteiger charge is 2.36. The zero-order valence-corrected chi connectivity index (χ0v) is 16.6. The fraction of sp³-hybridized carbons (Fsp3) is 0.350. The maximum Gasteiger partial charge on any atom is 0.240 e. The molecular formula is C20H24N2O5S. The molecule has 2 aromatic carbocycles. The molecule has 3 N–H and O–H groups in total. The highest BCUT2D eigenvalue weighted by molar-refractivity contribution is 7.89. The smallest absolute Gasteiger partial charge is 0.240 e. The average Bonchev–Trinajstić information content (AvgIpc) is 2.67. The Morgan fingerprint density at radius 3 is 2.54 bits per heavy atom. The zero-order chi connectivity index (χ0) is 20.4. The maximum atomic E-state index is 12.6. The predicted molar refractivity (Wildman–Crippen MR) is 106 cm³/mol. The minimum atomic E-state index is -3.83. The Bertz CT molecular complexity index is 957. The lowest BCUT2D eigenvalue weighted by molar-refractivity contribution is -0.118. The van der Waals surface area contributed by atoms with Crippen molar-refractivity contribution < 1.29 is 23.1 Å². The van der Waals surface area contributed by atoms with E-state index in [1.807, 2.05) is 0 Å². The Hall–Kier alpha value is -2.42. The van der Waals surface area contributed by atoms with E-state index in [0.717, 1.165) is 0 Å². The molecule has 1 amide bonds. The van der Waals surface area contributed by atoms with Crippen molar-refractivity contribution >= 4 is 21.6 Å². The quantitative estimate of drug-likeness (QED) is 0.685. The number of ether oxygens (including phenoxy) is 1. The second-order valence-corrected chi connectivity index (χ2v) is 8.89. The lowest BCUT2D eigenvalue weighted by Crippen LogP contribution is -2.43. The Kier molecular flexibility index (Phi) is 5.74. The third-order valence-corrected chi connectivity index (χ3v) is 6.09. The van der Waals surface area contributed by atoms with Gasteiger partial charge in [-0.1, -0.05) is 32.0 Å². The number of para-hydroxylation sites is 1. The fourth-order valence-electron chi connectivity index (χ4n) is 2.93. The third-order valence-electron chi connectivity index (χ3n) is 4.67. The number of fused-ring (bicyclic) bond motifs is 1. The lowest BCUT2D eigenvalue weighted by atomic mass is 9.88. The van der Waals surface area contributed by atoms with Crippen LogP contribution in [-0.2, 0) is 20.4 Å². The minimum absolute atomic E-state index is 0.0546. The van der Waals surface area contributed by atoms with Crippen molar-refractivity contribution in [1.82, 2.24) is 4.72 Å². The summed E-state index contributed by atoms with van der Waals surface area (Å²) in [7, 11) is -3.83. The number of benzene rings is 2. The molecule has 1 atom stereocenters. The molecule has 0 radical (unpaired) electrons. The van der Waals surface area contributed by atoms with E-state index < -0.39 is 15.6 Å². The average molecular weight is 404 g/mol. The standard InChI is InChI=1S/C20H24N2O5S/c1-14(2)19(23)22-15-7-9-16(10-8-15)28(25,26)21-13-20(24)11-12-27-18-6-4-3-5-17(18)20/h3-10,14,21,24H,11-13H2,1-2H3,(H,22,23). The van der Waals surface area contributed by atoms with Crippen LogP contribution in [0.15, 0.2) is 53.4 Å². The van der Waals surface area contributed by atoms with Gasteiger partial charge in [0.05, 0.1) is 11.5 Å². The molecule has 0 saturated carbocycles. The summed E-state index contributed by atoms with van der Waals surface area (Å²) in [5.41, 5.74) is -0.252. The number of carbonyl (C=O) groups excluding carboxylic acids is 1. The molecule has 0 fully saturated rings. The van der Waals surface area contributed by atoms with Crippen molar-refractivity contribution in [2.45, 2.75) is 30.8 Å². The Balaban J connectivity index is 1.72. The number of hydrogen-bond donors (Lipinski definition) is 3. The molecule has 1 aliphatic heterocycles. The number of amides is 1. The number of rotatable bonds is 6. The van der Waals surface area contributed by atoms with Gasteiger partial charge in [-0.3, -0.25) is 4.79 Å². The van der Waals surface area contributed by atoms with E-state index in [0.29, 0.717) is 23.6 Å². The molecular weight excluding hydrogens is 380 g/mol. The summed E-state index contributed by atoms with van der Waals surface area (Å²) in [4.78, 5) is 11.8. The van der Waals surface area contributed by atoms with E-state index in [1.54, 1.807) is 38.1 Å². The van der Waals surface area contributed by atoms with Crippen LogP contribution < -0.4 is 14.8 Å². The molecule has 2 aromatic rings. The van der Waals surface area contributed by atoms with Crippen LogP contribution in [0.3, 0.4) is 0 Å². The van der Waals surface area contributed by atoms with Crippen LogP contribution in [-0.4, -0.2) is 32.6 Å². The first-order valence-corrected chi connectivity index (χ1v) is 10.5. The monoisotopic (exact) mass is 404 g/mol. The van der Waals surface area contributed by atoms with Gasteiger partial charge in [0, 0.05) is 30.1 Å². The Morgan fingerprint density at radius 1 is 1.18 bits per heavy atom. The van der Waals surface area contributed by atoms with E-state index in [-0.39, 0.29) is 29.7 Å². The normalized spacial score (nSPS) is 19.0. The van der Waals surface area contributed by atoms with E-state index in [9.17, 15) is 18.3 Å². The number of aliphatic hydroxyl groups is 1. The first-order valence-electron chi connectivity index (χ1n) is 9.06. The van der Waals surface area contributed by atoms with Gasteiger partial charge >= 0.3 is 0 Å². The number of hydrogen-bond acceptors (Lipinski definition) is 5. The summed E-state index contributed by atoms with van der Waals surface area (Å²) in [6.07, 6.45) is 0.284. The summed E-state index contributed by atoms with van der Waals surface area (Å²) in [5.74, 6) is 0.239. The third kappa shape index (κ3) is 4.35. The molecule has 0 aliphatic carbocycles. The van der Waals surface area contributed by atoms with Crippen LogP contribution in [0.25, 0.3) is 0 Å². The molecule has 28 heavy (non-hydrogen) atoms. The molecule has 3 rings (SSSR count). The number of anilines is 1.